The van der Waals surface area contributed by atoms with E-state index in [0.717, 1.165) is 10.9 Å². The van der Waals surface area contributed by atoms with Gasteiger partial charge in [-0.1, -0.05) is 12.1 Å². The van der Waals surface area contributed by atoms with Gasteiger partial charge in [0.25, 0.3) is 5.91 Å². The van der Waals surface area contributed by atoms with Gasteiger partial charge in [-0.2, -0.15) is 5.10 Å². The number of carbonyl (C=O) groups excluding carboxylic acids is 1. The third-order valence-electron chi connectivity index (χ3n) is 4.27. The smallest absolute Gasteiger partial charge is 0.287 e. The molecule has 2 aromatic heterocycles. The fourth-order valence-electron chi connectivity index (χ4n) is 2.73. The van der Waals surface area contributed by atoms with Crippen molar-refractivity contribution in [3.05, 3.63) is 47.5 Å². The predicted molar refractivity (Wildman–Crippen MR) is 92.6 cm³/mol. The number of rotatable bonds is 5. The van der Waals surface area contributed by atoms with Gasteiger partial charge in [0.1, 0.15) is 5.60 Å². The molecule has 0 aliphatic heterocycles. The molecule has 0 aliphatic carbocycles. The molecule has 0 radical (unpaired) electrons. The van der Waals surface area contributed by atoms with Crippen LogP contribution in [0.25, 0.3) is 11.0 Å². The number of fused-ring (bicyclic) bond motifs is 1. The van der Waals surface area contributed by atoms with Crippen molar-refractivity contribution in [2.24, 2.45) is 7.05 Å². The third kappa shape index (κ3) is 3.10. The Labute approximate surface area is 145 Å². The van der Waals surface area contributed by atoms with Crippen molar-refractivity contribution in [2.75, 3.05) is 13.7 Å². The van der Waals surface area contributed by atoms with E-state index in [2.05, 4.69) is 10.4 Å². The van der Waals surface area contributed by atoms with Gasteiger partial charge in [-0.05, 0) is 19.9 Å². The van der Waals surface area contributed by atoms with Crippen molar-refractivity contribution in [1.29, 1.82) is 0 Å². The predicted octanol–water partition coefficient (Wildman–Crippen LogP) is 2.12. The van der Waals surface area contributed by atoms with E-state index in [4.69, 9.17) is 9.15 Å². The summed E-state index contributed by atoms with van der Waals surface area (Å²) in [6.07, 6.45) is 3.28. The van der Waals surface area contributed by atoms with E-state index in [9.17, 15) is 9.90 Å². The molecular weight excluding hydrogens is 322 g/mol. The number of hydrogen-bond donors (Lipinski definition) is 2. The zero-order valence-electron chi connectivity index (χ0n) is 14.7. The Hall–Kier alpha value is -2.80. The lowest BCUT2D eigenvalue weighted by atomic mass is 9.99. The Balaban J connectivity index is 1.82. The average Bonchev–Trinajstić information content (AvgIpc) is 3.17. The number of furan rings is 1. The molecule has 0 aliphatic rings. The van der Waals surface area contributed by atoms with E-state index >= 15 is 0 Å². The number of benzene rings is 1. The molecule has 132 valence electrons. The Morgan fingerprint density at radius 3 is 2.88 bits per heavy atom. The Kier molecular flexibility index (Phi) is 4.26. The van der Waals surface area contributed by atoms with Crippen LogP contribution >= 0.6 is 0 Å². The molecule has 0 spiro atoms. The summed E-state index contributed by atoms with van der Waals surface area (Å²) < 4.78 is 12.6. The molecule has 1 atom stereocenters. The maximum absolute atomic E-state index is 12.5. The lowest BCUT2D eigenvalue weighted by Crippen LogP contribution is -2.38. The van der Waals surface area contributed by atoms with Crippen molar-refractivity contribution < 1.29 is 19.1 Å². The second-order valence-corrected chi connectivity index (χ2v) is 6.25. The minimum Gasteiger partial charge on any atom is -0.493 e. The first kappa shape index (κ1) is 17.0. The van der Waals surface area contributed by atoms with E-state index < -0.39 is 5.60 Å². The quantitative estimate of drug-likeness (QED) is 0.741. The monoisotopic (exact) mass is 343 g/mol. The van der Waals surface area contributed by atoms with Gasteiger partial charge in [0.05, 0.1) is 19.9 Å². The molecule has 7 nitrogen and oxygen atoms in total. The van der Waals surface area contributed by atoms with E-state index in [1.54, 1.807) is 44.2 Å². The Morgan fingerprint density at radius 1 is 1.48 bits per heavy atom. The number of hydrogen-bond acceptors (Lipinski definition) is 5. The number of ether oxygens (including phenoxy) is 1. The average molecular weight is 343 g/mol. The fraction of sp³-hybridized carbons (Fsp3) is 0.333. The Morgan fingerprint density at radius 2 is 2.24 bits per heavy atom. The topological polar surface area (TPSA) is 89.5 Å². The summed E-state index contributed by atoms with van der Waals surface area (Å²) in [6.45, 7) is 3.48. The molecule has 1 unspecified atom stereocenters. The molecule has 1 aromatic carbocycles. The van der Waals surface area contributed by atoms with Gasteiger partial charge in [0, 0.05) is 29.8 Å². The summed E-state index contributed by atoms with van der Waals surface area (Å²) in [5.41, 5.74) is 0.652. The molecule has 25 heavy (non-hydrogen) atoms. The van der Waals surface area contributed by atoms with Crippen LogP contribution in [0.1, 0.15) is 28.6 Å². The van der Waals surface area contributed by atoms with E-state index in [1.807, 2.05) is 19.1 Å². The maximum atomic E-state index is 12.5. The molecule has 0 fully saturated rings. The molecule has 1 amide bonds. The lowest BCUT2D eigenvalue weighted by molar-refractivity contribution is 0.0518. The summed E-state index contributed by atoms with van der Waals surface area (Å²) >= 11 is 0. The van der Waals surface area contributed by atoms with Crippen molar-refractivity contribution in [1.82, 2.24) is 15.1 Å². The number of carbonyl (C=O) groups is 1. The van der Waals surface area contributed by atoms with Gasteiger partial charge in [0.2, 0.25) is 0 Å². The fourth-order valence-corrected chi connectivity index (χ4v) is 2.73. The van der Waals surface area contributed by atoms with E-state index in [1.165, 1.54) is 0 Å². The highest BCUT2D eigenvalue weighted by Gasteiger charge is 2.27. The second-order valence-electron chi connectivity index (χ2n) is 6.25. The first-order valence-electron chi connectivity index (χ1n) is 7.89. The molecule has 0 saturated carbocycles. The molecule has 7 heteroatoms. The number of amides is 1. The molecule has 0 bridgehead atoms. The van der Waals surface area contributed by atoms with Gasteiger partial charge in [0.15, 0.2) is 17.1 Å². The number of aliphatic hydroxyl groups is 1. The summed E-state index contributed by atoms with van der Waals surface area (Å²) in [5, 5.41) is 18.2. The van der Waals surface area contributed by atoms with Crippen LogP contribution in [0, 0.1) is 6.92 Å². The molecular formula is C18H21N3O4. The van der Waals surface area contributed by atoms with Gasteiger partial charge >= 0.3 is 0 Å². The number of methoxy groups -OCH3 is 1. The SMILES string of the molecule is COc1cccc2c(C)c(C(=O)NCC(C)(O)c3cnn(C)c3)oc12. The molecule has 3 aromatic rings. The van der Waals surface area contributed by atoms with Crippen LogP contribution in [0.3, 0.4) is 0 Å². The zero-order chi connectivity index (χ0) is 18.2. The van der Waals surface area contributed by atoms with Gasteiger partial charge in [-0.3, -0.25) is 9.48 Å². The van der Waals surface area contributed by atoms with Crippen LogP contribution in [0.5, 0.6) is 5.75 Å². The zero-order valence-corrected chi connectivity index (χ0v) is 14.7. The highest BCUT2D eigenvalue weighted by Crippen LogP contribution is 2.32. The molecule has 0 saturated heterocycles. The van der Waals surface area contributed by atoms with Crippen molar-refractivity contribution in [3.8, 4) is 5.75 Å². The largest absolute Gasteiger partial charge is 0.493 e. The standard InChI is InChI=1S/C18H21N3O4/c1-11-13-6-5-7-14(24-4)16(13)25-15(11)17(22)19-10-18(2,23)12-8-20-21(3)9-12/h5-9,23H,10H2,1-4H3,(H,19,22). The lowest BCUT2D eigenvalue weighted by Gasteiger charge is -2.22. The van der Waals surface area contributed by atoms with Gasteiger partial charge < -0.3 is 19.6 Å². The summed E-state index contributed by atoms with van der Waals surface area (Å²) in [7, 11) is 3.32. The molecule has 2 heterocycles. The highest BCUT2D eigenvalue weighted by atomic mass is 16.5. The van der Waals surface area contributed by atoms with E-state index in [0.29, 0.717) is 16.9 Å². The van der Waals surface area contributed by atoms with Gasteiger partial charge in [-0.25, -0.2) is 0 Å². The normalized spacial score (nSPS) is 13.6. The number of nitrogens with zero attached hydrogens (tertiary/aromatic N) is 2. The van der Waals surface area contributed by atoms with Crippen LogP contribution in [0.2, 0.25) is 0 Å². The number of aromatic nitrogens is 2. The summed E-state index contributed by atoms with van der Waals surface area (Å²) in [5.74, 6) is 0.392. The summed E-state index contributed by atoms with van der Waals surface area (Å²) in [4.78, 5) is 12.5. The highest BCUT2D eigenvalue weighted by molar-refractivity contribution is 6.00. The summed E-state index contributed by atoms with van der Waals surface area (Å²) in [6, 6.07) is 5.50. The number of aryl methyl sites for hydroxylation is 2. The van der Waals surface area contributed by atoms with Crippen molar-refractivity contribution >= 4 is 16.9 Å². The Bertz CT molecular complexity index is 924. The van der Waals surface area contributed by atoms with E-state index in [-0.39, 0.29) is 18.2 Å². The minimum atomic E-state index is -1.23. The molecule has 2 N–H and O–H groups in total. The van der Waals surface area contributed by atoms with Crippen LogP contribution in [0.15, 0.2) is 35.0 Å². The number of nitrogens with one attached hydrogen (secondary N) is 1. The second kappa shape index (κ2) is 6.25. The minimum absolute atomic E-state index is 0.0329. The van der Waals surface area contributed by atoms with Gasteiger partial charge in [-0.15, -0.1) is 0 Å². The maximum Gasteiger partial charge on any atom is 0.287 e. The van der Waals surface area contributed by atoms with Crippen LogP contribution < -0.4 is 10.1 Å². The van der Waals surface area contributed by atoms with Crippen LogP contribution in [-0.2, 0) is 12.6 Å². The first-order valence-corrected chi connectivity index (χ1v) is 7.89. The van der Waals surface area contributed by atoms with Crippen molar-refractivity contribution in [2.45, 2.75) is 19.4 Å². The van der Waals surface area contributed by atoms with Crippen molar-refractivity contribution in [3.63, 3.8) is 0 Å². The number of para-hydroxylation sites is 1. The first-order chi connectivity index (χ1) is 11.8. The van der Waals surface area contributed by atoms with Crippen LogP contribution in [0.4, 0.5) is 0 Å². The third-order valence-corrected chi connectivity index (χ3v) is 4.27. The van der Waals surface area contributed by atoms with Crippen LogP contribution in [-0.4, -0.2) is 34.4 Å². The molecule has 3 rings (SSSR count).